The highest BCUT2D eigenvalue weighted by atomic mass is 19.1. The number of nitrogens with one attached hydrogen (secondary N) is 1. The van der Waals surface area contributed by atoms with E-state index < -0.39 is 0 Å². The van der Waals surface area contributed by atoms with E-state index in [2.05, 4.69) is 24.1 Å². The molecule has 0 radical (unpaired) electrons. The molecule has 1 N–H and O–H groups in total. The molecular formula is C15H25FN2O. The van der Waals surface area contributed by atoms with Crippen molar-refractivity contribution in [1.82, 2.24) is 5.32 Å². The Morgan fingerprint density at radius 2 is 2.11 bits per heavy atom. The van der Waals surface area contributed by atoms with E-state index in [4.69, 9.17) is 4.74 Å². The highest BCUT2D eigenvalue weighted by Gasteiger charge is 2.12. The Bertz CT molecular complexity index is 382. The predicted octanol–water partition coefficient (Wildman–Crippen LogP) is 2.80. The fourth-order valence-electron chi connectivity index (χ4n) is 1.95. The molecule has 3 nitrogen and oxygen atoms in total. The number of hydrogen-bond acceptors (Lipinski definition) is 3. The fraction of sp³-hybridized carbons (Fsp3) is 0.600. The van der Waals surface area contributed by atoms with Crippen molar-refractivity contribution >= 4 is 5.69 Å². The van der Waals surface area contributed by atoms with Gasteiger partial charge in [-0.25, -0.2) is 4.39 Å². The third kappa shape index (κ3) is 5.17. The zero-order chi connectivity index (χ0) is 14.3. The van der Waals surface area contributed by atoms with Crippen molar-refractivity contribution in [3.8, 4) is 0 Å². The number of halogens is 1. The number of methoxy groups -OCH3 is 1. The zero-order valence-electron chi connectivity index (χ0n) is 12.4. The van der Waals surface area contributed by atoms with Crippen LogP contribution in [-0.2, 0) is 11.3 Å². The van der Waals surface area contributed by atoms with Gasteiger partial charge in [0.2, 0.25) is 0 Å². The second-order valence-electron chi connectivity index (χ2n) is 5.04. The van der Waals surface area contributed by atoms with Gasteiger partial charge in [0.1, 0.15) is 5.82 Å². The van der Waals surface area contributed by atoms with Gasteiger partial charge in [0.25, 0.3) is 0 Å². The first-order chi connectivity index (χ1) is 9.06. The van der Waals surface area contributed by atoms with Crippen LogP contribution in [0.25, 0.3) is 0 Å². The molecule has 0 aliphatic rings. The Labute approximate surface area is 115 Å². The van der Waals surface area contributed by atoms with Crippen LogP contribution in [0.3, 0.4) is 0 Å². The van der Waals surface area contributed by atoms with Crippen molar-refractivity contribution < 1.29 is 9.13 Å². The van der Waals surface area contributed by atoms with E-state index in [1.54, 1.807) is 13.2 Å². The second-order valence-corrected chi connectivity index (χ2v) is 5.04. The minimum Gasteiger partial charge on any atom is -0.385 e. The SMILES string of the molecule is COCCCN(C)c1cccc(F)c1CNC(C)C. The van der Waals surface area contributed by atoms with E-state index >= 15 is 0 Å². The molecule has 0 fully saturated rings. The molecule has 4 heteroatoms. The van der Waals surface area contributed by atoms with Crippen LogP contribution in [-0.4, -0.2) is 33.4 Å². The van der Waals surface area contributed by atoms with Gasteiger partial charge in [-0.05, 0) is 18.6 Å². The first-order valence-corrected chi connectivity index (χ1v) is 6.77. The molecule has 0 atom stereocenters. The molecule has 108 valence electrons. The van der Waals surface area contributed by atoms with Crippen LogP contribution in [0.5, 0.6) is 0 Å². The Morgan fingerprint density at radius 1 is 1.37 bits per heavy atom. The summed E-state index contributed by atoms with van der Waals surface area (Å²) in [5, 5.41) is 3.27. The van der Waals surface area contributed by atoms with Gasteiger partial charge in [-0.3, -0.25) is 0 Å². The second kappa shape index (κ2) is 8.12. The lowest BCUT2D eigenvalue weighted by atomic mass is 10.1. The smallest absolute Gasteiger partial charge is 0.129 e. The van der Waals surface area contributed by atoms with Gasteiger partial charge in [0, 0.05) is 51.1 Å². The number of ether oxygens (including phenoxy) is 1. The third-order valence-electron chi connectivity index (χ3n) is 3.03. The van der Waals surface area contributed by atoms with Crippen LogP contribution < -0.4 is 10.2 Å². The van der Waals surface area contributed by atoms with Gasteiger partial charge < -0.3 is 15.0 Å². The highest BCUT2D eigenvalue weighted by Crippen LogP contribution is 2.22. The van der Waals surface area contributed by atoms with Gasteiger partial charge in [0.05, 0.1) is 0 Å². The van der Waals surface area contributed by atoms with E-state index in [0.29, 0.717) is 12.6 Å². The van der Waals surface area contributed by atoms with Crippen LogP contribution in [0.4, 0.5) is 10.1 Å². The lowest BCUT2D eigenvalue weighted by Crippen LogP contribution is -2.26. The minimum absolute atomic E-state index is 0.149. The molecule has 0 aromatic heterocycles. The molecule has 0 saturated carbocycles. The number of anilines is 1. The lowest BCUT2D eigenvalue weighted by Gasteiger charge is -2.23. The summed E-state index contributed by atoms with van der Waals surface area (Å²) < 4.78 is 19.0. The molecule has 0 amide bonds. The van der Waals surface area contributed by atoms with Crippen molar-refractivity contribution in [3.05, 3.63) is 29.6 Å². The van der Waals surface area contributed by atoms with Crippen molar-refractivity contribution in [3.63, 3.8) is 0 Å². The number of rotatable bonds is 8. The first kappa shape index (κ1) is 15.9. The van der Waals surface area contributed by atoms with Crippen molar-refractivity contribution in [1.29, 1.82) is 0 Å². The Morgan fingerprint density at radius 3 is 2.74 bits per heavy atom. The van der Waals surface area contributed by atoms with Crippen LogP contribution in [0, 0.1) is 5.82 Å². The molecule has 0 aliphatic carbocycles. The average molecular weight is 268 g/mol. The average Bonchev–Trinajstić information content (AvgIpc) is 2.37. The predicted molar refractivity (Wildman–Crippen MR) is 78.1 cm³/mol. The van der Waals surface area contributed by atoms with Gasteiger partial charge in [-0.1, -0.05) is 19.9 Å². The number of benzene rings is 1. The summed E-state index contributed by atoms with van der Waals surface area (Å²) in [5.74, 6) is -0.149. The zero-order valence-corrected chi connectivity index (χ0v) is 12.4. The molecule has 1 aromatic rings. The normalized spacial score (nSPS) is 11.1. The Hall–Kier alpha value is -1.13. The summed E-state index contributed by atoms with van der Waals surface area (Å²) in [6.07, 6.45) is 0.931. The summed E-state index contributed by atoms with van der Waals surface area (Å²) in [4.78, 5) is 2.08. The molecule has 0 unspecified atom stereocenters. The van der Waals surface area contributed by atoms with Gasteiger partial charge in [-0.15, -0.1) is 0 Å². The topological polar surface area (TPSA) is 24.5 Å². The lowest BCUT2D eigenvalue weighted by molar-refractivity contribution is 0.196. The van der Waals surface area contributed by atoms with Crippen LogP contribution in [0.2, 0.25) is 0 Å². The monoisotopic (exact) mass is 268 g/mol. The van der Waals surface area contributed by atoms with Gasteiger partial charge in [0.15, 0.2) is 0 Å². The van der Waals surface area contributed by atoms with Crippen molar-refractivity contribution in [2.45, 2.75) is 32.9 Å². The summed E-state index contributed by atoms with van der Waals surface area (Å²) in [5.41, 5.74) is 1.68. The highest BCUT2D eigenvalue weighted by molar-refractivity contribution is 5.53. The Balaban J connectivity index is 2.77. The van der Waals surface area contributed by atoms with Crippen molar-refractivity contribution in [2.24, 2.45) is 0 Å². The summed E-state index contributed by atoms with van der Waals surface area (Å²) in [6.45, 7) is 6.24. The number of hydrogen-bond donors (Lipinski definition) is 1. The third-order valence-corrected chi connectivity index (χ3v) is 3.03. The summed E-state index contributed by atoms with van der Waals surface area (Å²) in [6, 6.07) is 5.58. The van der Waals surface area contributed by atoms with E-state index in [0.717, 1.165) is 30.8 Å². The maximum atomic E-state index is 14.0. The Kier molecular flexibility index (Phi) is 6.81. The molecule has 1 rings (SSSR count). The standard InChI is InChI=1S/C15H25FN2O/c1-12(2)17-11-13-14(16)7-5-8-15(13)18(3)9-6-10-19-4/h5,7-8,12,17H,6,9-11H2,1-4H3. The van der Waals surface area contributed by atoms with Crippen LogP contribution in [0.15, 0.2) is 18.2 Å². The van der Waals surface area contributed by atoms with Gasteiger partial charge >= 0.3 is 0 Å². The van der Waals surface area contributed by atoms with Crippen LogP contribution in [0.1, 0.15) is 25.8 Å². The summed E-state index contributed by atoms with van der Waals surface area (Å²) in [7, 11) is 3.68. The minimum atomic E-state index is -0.149. The molecule has 0 spiro atoms. The van der Waals surface area contributed by atoms with Crippen LogP contribution >= 0.6 is 0 Å². The molecule has 19 heavy (non-hydrogen) atoms. The maximum Gasteiger partial charge on any atom is 0.129 e. The van der Waals surface area contributed by atoms with E-state index in [-0.39, 0.29) is 5.82 Å². The molecular weight excluding hydrogens is 243 g/mol. The van der Waals surface area contributed by atoms with E-state index in [1.807, 2.05) is 13.1 Å². The quantitative estimate of drug-likeness (QED) is 0.734. The van der Waals surface area contributed by atoms with E-state index in [9.17, 15) is 4.39 Å². The van der Waals surface area contributed by atoms with Crippen molar-refractivity contribution in [2.75, 3.05) is 32.2 Å². The fourth-order valence-corrected chi connectivity index (χ4v) is 1.95. The van der Waals surface area contributed by atoms with Gasteiger partial charge in [-0.2, -0.15) is 0 Å². The largest absolute Gasteiger partial charge is 0.385 e. The maximum absolute atomic E-state index is 14.0. The first-order valence-electron chi connectivity index (χ1n) is 6.77. The van der Waals surface area contributed by atoms with E-state index in [1.165, 1.54) is 6.07 Å². The molecule has 0 aliphatic heterocycles. The molecule has 0 bridgehead atoms. The summed E-state index contributed by atoms with van der Waals surface area (Å²) >= 11 is 0. The molecule has 0 saturated heterocycles. The molecule has 0 heterocycles. The number of nitrogens with zero attached hydrogens (tertiary/aromatic N) is 1. The molecule has 1 aromatic carbocycles.